The quantitative estimate of drug-likeness (QED) is 0.833. The minimum Gasteiger partial charge on any atom is -0.378 e. The van der Waals surface area contributed by atoms with Crippen LogP contribution >= 0.6 is 11.3 Å². The molecule has 0 aliphatic rings. The summed E-state index contributed by atoms with van der Waals surface area (Å²) < 4.78 is 38.6. The van der Waals surface area contributed by atoms with E-state index in [9.17, 15) is 13.2 Å². The summed E-state index contributed by atoms with van der Waals surface area (Å²) in [5.74, 6) is 0. The van der Waals surface area contributed by atoms with Crippen LogP contribution in [0.2, 0.25) is 0 Å². The van der Waals surface area contributed by atoms with Gasteiger partial charge in [-0.25, -0.2) is 0 Å². The summed E-state index contributed by atoms with van der Waals surface area (Å²) in [4.78, 5) is 0. The van der Waals surface area contributed by atoms with E-state index in [1.165, 1.54) is 23.5 Å². The average molecular weight is 271 g/mol. The van der Waals surface area contributed by atoms with Gasteiger partial charge >= 0.3 is 6.18 Å². The maximum atomic E-state index is 12.9. The lowest BCUT2D eigenvalue weighted by Gasteiger charge is -2.19. The molecule has 0 saturated carbocycles. The lowest BCUT2D eigenvalue weighted by atomic mass is 10.0. The third-order valence-corrected chi connectivity index (χ3v) is 3.32. The summed E-state index contributed by atoms with van der Waals surface area (Å²) in [6.45, 7) is 1.72. The number of anilines is 1. The standard InChI is InChI=1S/C13H12F3NS/c1-9(17-10-6-7-18-8-10)11-4-2-3-5-12(11)13(14,15)16/h2-9,17H,1H3. The minimum atomic E-state index is -4.32. The van der Waals surface area contributed by atoms with E-state index >= 15 is 0 Å². The highest BCUT2D eigenvalue weighted by atomic mass is 32.1. The second kappa shape index (κ2) is 5.02. The van der Waals surface area contributed by atoms with Crippen LogP contribution in [-0.2, 0) is 6.18 Å². The van der Waals surface area contributed by atoms with Crippen LogP contribution < -0.4 is 5.32 Å². The van der Waals surface area contributed by atoms with Gasteiger partial charge in [0.25, 0.3) is 0 Å². The normalized spacial score (nSPS) is 13.3. The molecule has 0 spiro atoms. The fraction of sp³-hybridized carbons (Fsp3) is 0.231. The number of halogens is 3. The van der Waals surface area contributed by atoms with Crippen LogP contribution in [0.1, 0.15) is 24.1 Å². The summed E-state index contributed by atoms with van der Waals surface area (Å²) in [6, 6.07) is 7.10. The van der Waals surface area contributed by atoms with Crippen molar-refractivity contribution in [2.24, 2.45) is 0 Å². The van der Waals surface area contributed by atoms with Gasteiger partial charge in [0.15, 0.2) is 0 Å². The second-order valence-electron chi connectivity index (χ2n) is 3.96. The van der Waals surface area contributed by atoms with Crippen LogP contribution in [0.5, 0.6) is 0 Å². The molecule has 2 aromatic rings. The Hall–Kier alpha value is -1.49. The Morgan fingerprint density at radius 2 is 1.89 bits per heavy atom. The molecule has 1 unspecified atom stereocenters. The molecule has 0 radical (unpaired) electrons. The van der Waals surface area contributed by atoms with Crippen LogP contribution in [-0.4, -0.2) is 0 Å². The molecule has 1 aromatic heterocycles. The first-order valence-electron chi connectivity index (χ1n) is 5.43. The molecule has 0 amide bonds. The number of nitrogens with one attached hydrogen (secondary N) is 1. The van der Waals surface area contributed by atoms with Crippen LogP contribution in [0, 0.1) is 0 Å². The highest BCUT2D eigenvalue weighted by molar-refractivity contribution is 7.08. The Kier molecular flexibility index (Phi) is 3.61. The second-order valence-corrected chi connectivity index (χ2v) is 4.74. The van der Waals surface area contributed by atoms with Crippen molar-refractivity contribution in [1.29, 1.82) is 0 Å². The number of benzene rings is 1. The van der Waals surface area contributed by atoms with Gasteiger partial charge in [0.2, 0.25) is 0 Å². The van der Waals surface area contributed by atoms with Crippen molar-refractivity contribution in [3.8, 4) is 0 Å². The Labute approximate surface area is 107 Å². The Morgan fingerprint density at radius 3 is 2.50 bits per heavy atom. The number of alkyl halides is 3. The molecule has 18 heavy (non-hydrogen) atoms. The summed E-state index contributed by atoms with van der Waals surface area (Å²) in [5, 5.41) is 6.81. The van der Waals surface area contributed by atoms with Gasteiger partial charge in [-0.3, -0.25) is 0 Å². The molecular formula is C13H12F3NS. The summed E-state index contributed by atoms with van der Waals surface area (Å²) >= 11 is 1.50. The van der Waals surface area contributed by atoms with Crippen molar-refractivity contribution in [3.05, 3.63) is 52.2 Å². The Bertz CT molecular complexity index is 505. The molecule has 1 nitrogen and oxygen atoms in total. The zero-order valence-corrected chi connectivity index (χ0v) is 10.5. The van der Waals surface area contributed by atoms with Gasteiger partial charge in [0.1, 0.15) is 0 Å². The molecule has 5 heteroatoms. The van der Waals surface area contributed by atoms with E-state index in [2.05, 4.69) is 5.32 Å². The SMILES string of the molecule is CC(Nc1ccsc1)c1ccccc1C(F)(F)F. The zero-order chi connectivity index (χ0) is 13.2. The van der Waals surface area contributed by atoms with Gasteiger partial charge in [-0.15, -0.1) is 0 Å². The molecule has 0 fully saturated rings. The molecule has 0 aliphatic heterocycles. The fourth-order valence-corrected chi connectivity index (χ4v) is 2.40. The highest BCUT2D eigenvalue weighted by Gasteiger charge is 2.34. The van der Waals surface area contributed by atoms with Crippen LogP contribution in [0.4, 0.5) is 18.9 Å². The fourth-order valence-electron chi connectivity index (χ4n) is 1.81. The topological polar surface area (TPSA) is 12.0 Å². The van der Waals surface area contributed by atoms with Crippen LogP contribution in [0.3, 0.4) is 0 Å². The third kappa shape index (κ3) is 2.85. The van der Waals surface area contributed by atoms with E-state index in [0.717, 1.165) is 11.8 Å². The molecule has 1 aromatic carbocycles. The Balaban J connectivity index is 2.27. The van der Waals surface area contributed by atoms with E-state index in [1.807, 2.05) is 16.8 Å². The molecule has 1 atom stereocenters. The predicted molar refractivity (Wildman–Crippen MR) is 67.8 cm³/mol. The minimum absolute atomic E-state index is 0.260. The zero-order valence-electron chi connectivity index (χ0n) is 9.66. The summed E-state index contributed by atoms with van der Waals surface area (Å²) in [7, 11) is 0. The number of hydrogen-bond acceptors (Lipinski definition) is 2. The van der Waals surface area contributed by atoms with E-state index in [-0.39, 0.29) is 5.56 Å². The van der Waals surface area contributed by atoms with Crippen molar-refractivity contribution in [3.63, 3.8) is 0 Å². The molecule has 0 bridgehead atoms. The smallest absolute Gasteiger partial charge is 0.378 e. The van der Waals surface area contributed by atoms with E-state index in [1.54, 1.807) is 13.0 Å². The number of rotatable bonds is 3. The van der Waals surface area contributed by atoms with E-state index < -0.39 is 17.8 Å². The van der Waals surface area contributed by atoms with Gasteiger partial charge in [0, 0.05) is 17.1 Å². The molecule has 2 rings (SSSR count). The summed E-state index contributed by atoms with van der Waals surface area (Å²) in [6.07, 6.45) is -4.32. The predicted octanol–water partition coefficient (Wildman–Crippen LogP) is 4.94. The maximum absolute atomic E-state index is 12.9. The van der Waals surface area contributed by atoms with E-state index in [4.69, 9.17) is 0 Å². The van der Waals surface area contributed by atoms with Crippen molar-refractivity contribution in [2.75, 3.05) is 5.32 Å². The van der Waals surface area contributed by atoms with Gasteiger partial charge < -0.3 is 5.32 Å². The van der Waals surface area contributed by atoms with Crippen molar-refractivity contribution >= 4 is 17.0 Å². The lowest BCUT2D eigenvalue weighted by Crippen LogP contribution is -2.14. The molecule has 0 saturated heterocycles. The largest absolute Gasteiger partial charge is 0.416 e. The molecule has 96 valence electrons. The van der Waals surface area contributed by atoms with Gasteiger partial charge in [-0.1, -0.05) is 18.2 Å². The van der Waals surface area contributed by atoms with Crippen LogP contribution in [0.25, 0.3) is 0 Å². The van der Waals surface area contributed by atoms with Crippen molar-refractivity contribution < 1.29 is 13.2 Å². The third-order valence-electron chi connectivity index (χ3n) is 2.64. The first-order valence-corrected chi connectivity index (χ1v) is 6.37. The van der Waals surface area contributed by atoms with E-state index in [0.29, 0.717) is 0 Å². The number of thiophene rings is 1. The average Bonchev–Trinajstić information content (AvgIpc) is 2.80. The van der Waals surface area contributed by atoms with Crippen LogP contribution in [0.15, 0.2) is 41.1 Å². The van der Waals surface area contributed by atoms with Gasteiger partial charge in [-0.2, -0.15) is 24.5 Å². The Morgan fingerprint density at radius 1 is 1.17 bits per heavy atom. The van der Waals surface area contributed by atoms with Gasteiger partial charge in [-0.05, 0) is 30.0 Å². The molecule has 1 N–H and O–H groups in total. The molecular weight excluding hydrogens is 259 g/mol. The molecule has 0 aliphatic carbocycles. The highest BCUT2D eigenvalue weighted by Crippen LogP contribution is 2.35. The van der Waals surface area contributed by atoms with Crippen molar-refractivity contribution in [2.45, 2.75) is 19.1 Å². The summed E-state index contributed by atoms with van der Waals surface area (Å²) in [5.41, 5.74) is 0.515. The first kappa shape index (κ1) is 13.0. The van der Waals surface area contributed by atoms with Gasteiger partial charge in [0.05, 0.1) is 5.56 Å². The molecule has 1 heterocycles. The first-order chi connectivity index (χ1) is 8.48. The lowest BCUT2D eigenvalue weighted by molar-refractivity contribution is -0.138. The maximum Gasteiger partial charge on any atom is 0.416 e. The van der Waals surface area contributed by atoms with Crippen molar-refractivity contribution in [1.82, 2.24) is 0 Å². The monoisotopic (exact) mass is 271 g/mol. The number of hydrogen-bond donors (Lipinski definition) is 1.